The minimum Gasteiger partial charge on any atom is -0.340 e. The van der Waals surface area contributed by atoms with Crippen LogP contribution >= 0.6 is 11.3 Å². The summed E-state index contributed by atoms with van der Waals surface area (Å²) in [6, 6.07) is 7.08. The molecule has 30 heavy (non-hydrogen) atoms. The fourth-order valence-electron chi connectivity index (χ4n) is 3.98. The van der Waals surface area contributed by atoms with Crippen molar-refractivity contribution in [3.8, 4) is 11.3 Å². The fourth-order valence-corrected chi connectivity index (χ4v) is 6.34. The van der Waals surface area contributed by atoms with Crippen molar-refractivity contribution in [3.63, 3.8) is 0 Å². The Kier molecular flexibility index (Phi) is 6.52. The van der Waals surface area contributed by atoms with Crippen molar-refractivity contribution >= 4 is 27.3 Å². The van der Waals surface area contributed by atoms with E-state index in [9.17, 15) is 13.2 Å². The molecule has 2 saturated heterocycles. The minimum absolute atomic E-state index is 0.136. The largest absolute Gasteiger partial charge is 0.340 e. The van der Waals surface area contributed by atoms with Gasteiger partial charge in [0.1, 0.15) is 5.01 Å². The first kappa shape index (κ1) is 21.4. The molecule has 0 atom stereocenters. The van der Waals surface area contributed by atoms with Crippen molar-refractivity contribution < 1.29 is 13.2 Å². The first-order valence-corrected chi connectivity index (χ1v) is 12.8. The number of thiazole rings is 1. The molecule has 0 spiro atoms. The number of amides is 1. The highest BCUT2D eigenvalue weighted by molar-refractivity contribution is 7.89. The van der Waals surface area contributed by atoms with Crippen LogP contribution in [0.2, 0.25) is 0 Å². The van der Waals surface area contributed by atoms with Gasteiger partial charge in [0.2, 0.25) is 15.9 Å². The number of carbonyl (C=O) groups excluding carboxylic acids is 1. The molecule has 1 aromatic heterocycles. The molecule has 0 aliphatic carbocycles. The molecular weight excluding hydrogens is 420 g/mol. The van der Waals surface area contributed by atoms with Crippen LogP contribution < -0.4 is 0 Å². The number of hydrogen-bond donors (Lipinski definition) is 0. The van der Waals surface area contributed by atoms with Gasteiger partial charge >= 0.3 is 0 Å². The van der Waals surface area contributed by atoms with Crippen LogP contribution in [0.1, 0.15) is 31.2 Å². The van der Waals surface area contributed by atoms with Gasteiger partial charge in [0.15, 0.2) is 0 Å². The van der Waals surface area contributed by atoms with Gasteiger partial charge in [-0.2, -0.15) is 4.31 Å². The van der Waals surface area contributed by atoms with Crippen molar-refractivity contribution in [2.45, 2.75) is 37.6 Å². The van der Waals surface area contributed by atoms with E-state index in [4.69, 9.17) is 4.98 Å². The topological polar surface area (TPSA) is 73.8 Å². The van der Waals surface area contributed by atoms with Crippen molar-refractivity contribution in [3.05, 3.63) is 34.7 Å². The van der Waals surface area contributed by atoms with Crippen LogP contribution in [0.25, 0.3) is 11.3 Å². The highest BCUT2D eigenvalue weighted by Gasteiger charge is 2.26. The van der Waals surface area contributed by atoms with Crippen molar-refractivity contribution in [2.75, 3.05) is 39.3 Å². The van der Waals surface area contributed by atoms with Gasteiger partial charge in [-0.15, -0.1) is 11.3 Å². The smallest absolute Gasteiger partial charge is 0.243 e. The molecule has 4 rings (SSSR count). The van der Waals surface area contributed by atoms with Gasteiger partial charge in [0.05, 0.1) is 17.1 Å². The normalized spacial score (nSPS) is 19.2. The summed E-state index contributed by atoms with van der Waals surface area (Å²) in [6.07, 6.45) is 2.97. The van der Waals surface area contributed by atoms with Crippen LogP contribution in [-0.4, -0.2) is 72.7 Å². The molecule has 1 aromatic carbocycles. The standard InChI is InChI=1S/C21H28N4O3S2/c1-17(26)24-13-11-23(12-14-24)15-21-22-20(16-29-21)18-5-7-19(8-6-18)30(27,28)25-9-3-2-4-10-25/h5-8,16H,2-4,9-15H2,1H3. The molecule has 1 amide bonds. The van der Waals surface area contributed by atoms with E-state index in [0.29, 0.717) is 18.0 Å². The van der Waals surface area contributed by atoms with Crippen molar-refractivity contribution in [2.24, 2.45) is 0 Å². The van der Waals surface area contributed by atoms with Crippen molar-refractivity contribution in [1.82, 2.24) is 19.1 Å². The van der Waals surface area contributed by atoms with Crippen molar-refractivity contribution in [1.29, 1.82) is 0 Å². The molecule has 9 heteroatoms. The Hall–Kier alpha value is -1.81. The average molecular weight is 449 g/mol. The summed E-state index contributed by atoms with van der Waals surface area (Å²) in [4.78, 5) is 20.8. The van der Waals surface area contributed by atoms with E-state index >= 15 is 0 Å². The number of piperidine rings is 1. The summed E-state index contributed by atoms with van der Waals surface area (Å²) in [5.41, 5.74) is 1.80. The molecule has 2 aliphatic rings. The Morgan fingerprint density at radius 3 is 2.30 bits per heavy atom. The summed E-state index contributed by atoms with van der Waals surface area (Å²) < 4.78 is 27.2. The van der Waals surface area contributed by atoms with E-state index in [-0.39, 0.29) is 5.91 Å². The van der Waals surface area contributed by atoms with Gasteiger partial charge in [0.25, 0.3) is 0 Å². The number of nitrogens with zero attached hydrogens (tertiary/aromatic N) is 4. The molecule has 0 N–H and O–H groups in total. The third-order valence-electron chi connectivity index (χ3n) is 5.83. The number of benzene rings is 1. The third kappa shape index (κ3) is 4.74. The Balaban J connectivity index is 1.39. The number of piperazine rings is 1. The summed E-state index contributed by atoms with van der Waals surface area (Å²) in [5.74, 6) is 0.136. The first-order valence-electron chi connectivity index (χ1n) is 10.5. The van der Waals surface area contributed by atoms with E-state index in [0.717, 1.165) is 68.3 Å². The molecule has 0 unspecified atom stereocenters. The Bertz CT molecular complexity index is 974. The number of carbonyl (C=O) groups is 1. The van der Waals surface area contributed by atoms with E-state index in [2.05, 4.69) is 4.90 Å². The maximum Gasteiger partial charge on any atom is 0.243 e. The van der Waals surface area contributed by atoms with Gasteiger partial charge in [-0.05, 0) is 25.0 Å². The third-order valence-corrected chi connectivity index (χ3v) is 8.58. The summed E-state index contributed by atoms with van der Waals surface area (Å²) in [5, 5.41) is 3.06. The molecule has 3 heterocycles. The molecule has 0 radical (unpaired) electrons. The van der Waals surface area contributed by atoms with E-state index < -0.39 is 10.0 Å². The summed E-state index contributed by atoms with van der Waals surface area (Å²) >= 11 is 1.62. The molecule has 162 valence electrons. The predicted octanol–water partition coefficient (Wildman–Crippen LogP) is 2.65. The lowest BCUT2D eigenvalue weighted by atomic mass is 10.2. The van der Waals surface area contributed by atoms with Crippen LogP contribution in [0.5, 0.6) is 0 Å². The molecule has 0 saturated carbocycles. The monoisotopic (exact) mass is 448 g/mol. The summed E-state index contributed by atoms with van der Waals surface area (Å²) in [7, 11) is -3.40. The lowest BCUT2D eigenvalue weighted by Gasteiger charge is -2.33. The maximum absolute atomic E-state index is 12.8. The average Bonchev–Trinajstić information content (AvgIpc) is 3.23. The number of hydrogen-bond acceptors (Lipinski definition) is 6. The molecular formula is C21H28N4O3S2. The second kappa shape index (κ2) is 9.13. The SMILES string of the molecule is CC(=O)N1CCN(Cc2nc(-c3ccc(S(=O)(=O)N4CCCCC4)cc3)cs2)CC1. The molecule has 2 aromatic rings. The van der Waals surface area contributed by atoms with E-state index in [1.54, 1.807) is 34.7 Å². The summed E-state index contributed by atoms with van der Waals surface area (Å²) in [6.45, 7) is 6.86. The second-order valence-corrected chi connectivity index (χ2v) is 10.8. The number of sulfonamides is 1. The lowest BCUT2D eigenvalue weighted by Crippen LogP contribution is -2.47. The van der Waals surface area contributed by atoms with E-state index in [1.807, 2.05) is 22.4 Å². The number of aromatic nitrogens is 1. The van der Waals surface area contributed by atoms with Crippen LogP contribution in [0.3, 0.4) is 0 Å². The molecule has 2 fully saturated rings. The zero-order chi connectivity index (χ0) is 21.1. The van der Waals surface area contributed by atoms with Gasteiger partial charge in [-0.3, -0.25) is 9.69 Å². The van der Waals surface area contributed by atoms with Gasteiger partial charge < -0.3 is 4.90 Å². The van der Waals surface area contributed by atoms with E-state index in [1.165, 1.54) is 0 Å². The lowest BCUT2D eigenvalue weighted by molar-refractivity contribution is -0.130. The number of rotatable bonds is 5. The molecule has 7 nitrogen and oxygen atoms in total. The van der Waals surface area contributed by atoms with Crippen LogP contribution in [-0.2, 0) is 21.4 Å². The Morgan fingerprint density at radius 1 is 1.00 bits per heavy atom. The minimum atomic E-state index is -3.40. The van der Waals surface area contributed by atoms with Gasteiger partial charge in [-0.1, -0.05) is 18.6 Å². The Labute approximate surface area is 182 Å². The van der Waals surface area contributed by atoms with Crippen LogP contribution in [0, 0.1) is 0 Å². The predicted molar refractivity (Wildman–Crippen MR) is 118 cm³/mol. The quantitative estimate of drug-likeness (QED) is 0.703. The Morgan fingerprint density at radius 2 is 1.67 bits per heavy atom. The zero-order valence-electron chi connectivity index (χ0n) is 17.3. The highest BCUT2D eigenvalue weighted by atomic mass is 32.2. The molecule has 0 bridgehead atoms. The highest BCUT2D eigenvalue weighted by Crippen LogP contribution is 2.26. The fraction of sp³-hybridized carbons (Fsp3) is 0.524. The second-order valence-electron chi connectivity index (χ2n) is 7.90. The van der Waals surface area contributed by atoms with Crippen LogP contribution in [0.4, 0.5) is 0 Å². The first-order chi connectivity index (χ1) is 14.4. The zero-order valence-corrected chi connectivity index (χ0v) is 18.9. The van der Waals surface area contributed by atoms with Crippen LogP contribution in [0.15, 0.2) is 34.5 Å². The maximum atomic E-state index is 12.8. The van der Waals surface area contributed by atoms with Gasteiger partial charge in [-0.25, -0.2) is 13.4 Å². The van der Waals surface area contributed by atoms with Gasteiger partial charge in [0, 0.05) is 57.1 Å². The molecule has 2 aliphatic heterocycles.